The van der Waals surface area contributed by atoms with E-state index in [0.29, 0.717) is 17.7 Å². The monoisotopic (exact) mass is 464 g/mol. The molecule has 0 atom stereocenters. The number of rotatable bonds is 8. The average Bonchev–Trinajstić information content (AvgIpc) is 2.82. The number of carbonyl (C=O) groups is 1. The van der Waals surface area contributed by atoms with Gasteiger partial charge in [-0.15, -0.1) is 0 Å². The lowest BCUT2D eigenvalue weighted by atomic mass is 9.92. The number of ketones is 1. The smallest absolute Gasteiger partial charge is 0.373 e. The highest BCUT2D eigenvalue weighted by atomic mass is 32.2. The molecule has 0 aliphatic carbocycles. The number of carbonyl (C=O) groups excluding carboxylic acids is 1. The lowest BCUT2D eigenvalue weighted by Crippen LogP contribution is -2.36. The molecule has 0 aliphatic heterocycles. The number of hydrazine groups is 1. The summed E-state index contributed by atoms with van der Waals surface area (Å²) in [7, 11) is -4.59. The summed E-state index contributed by atoms with van der Waals surface area (Å²) in [4.78, 5) is 13.4. The van der Waals surface area contributed by atoms with E-state index >= 15 is 0 Å². The number of fused-ring (bicyclic) bond motifs is 3. The molecule has 170 valence electrons. The van der Waals surface area contributed by atoms with E-state index in [9.17, 15) is 13.2 Å². The molecule has 0 unspecified atom stereocenters. The fourth-order valence-corrected chi connectivity index (χ4v) is 4.13. The zero-order chi connectivity index (χ0) is 23.6. The summed E-state index contributed by atoms with van der Waals surface area (Å²) in [6, 6.07) is 21.1. The summed E-state index contributed by atoms with van der Waals surface area (Å²) in [6.07, 6.45) is 2.04. The first-order valence-corrected chi connectivity index (χ1v) is 11.9. The molecule has 7 nitrogen and oxygen atoms in total. The first-order valence-electron chi connectivity index (χ1n) is 10.5. The van der Waals surface area contributed by atoms with Gasteiger partial charge in [-0.05, 0) is 70.4 Å². The van der Waals surface area contributed by atoms with Crippen LogP contribution < -0.4 is 15.0 Å². The Hall–Kier alpha value is -3.46. The third kappa shape index (κ3) is 4.68. The Morgan fingerprint density at radius 1 is 0.970 bits per heavy atom. The van der Waals surface area contributed by atoms with Crippen LogP contribution in [-0.2, 0) is 10.3 Å². The predicted octanol–water partition coefficient (Wildman–Crippen LogP) is 4.89. The lowest BCUT2D eigenvalue weighted by molar-refractivity contribution is 0.104. The quantitative estimate of drug-likeness (QED) is 0.0960. The molecule has 0 saturated carbocycles. The van der Waals surface area contributed by atoms with Gasteiger partial charge in [-0.1, -0.05) is 43.7 Å². The molecule has 0 fully saturated rings. The number of hydrogen-bond acceptors (Lipinski definition) is 5. The Kier molecular flexibility index (Phi) is 6.33. The molecule has 0 radical (unpaired) electrons. The van der Waals surface area contributed by atoms with Crippen LogP contribution in [0.1, 0.15) is 35.7 Å². The van der Waals surface area contributed by atoms with Crippen LogP contribution in [0.25, 0.3) is 21.5 Å². The van der Waals surface area contributed by atoms with Crippen molar-refractivity contribution in [3.63, 3.8) is 0 Å². The van der Waals surface area contributed by atoms with E-state index in [4.69, 9.17) is 15.1 Å². The van der Waals surface area contributed by atoms with E-state index < -0.39 is 10.3 Å². The van der Waals surface area contributed by atoms with Crippen molar-refractivity contribution in [2.24, 2.45) is 5.84 Å². The number of nitrogens with zero attached hydrogens (tertiary/aromatic N) is 1. The topological polar surface area (TPSA) is 110 Å². The van der Waals surface area contributed by atoms with E-state index in [-0.39, 0.29) is 15.9 Å². The molecule has 0 aromatic heterocycles. The number of nitrogens with two attached hydrogens (primary N) is 1. The summed E-state index contributed by atoms with van der Waals surface area (Å²) in [5.41, 5.74) is 0.935. The number of benzene rings is 4. The largest absolute Gasteiger partial charge is 0.494 e. The van der Waals surface area contributed by atoms with Crippen molar-refractivity contribution in [2.45, 2.75) is 19.8 Å². The minimum Gasteiger partial charge on any atom is -0.494 e. The lowest BCUT2D eigenvalue weighted by Gasteiger charge is -2.15. The molecule has 0 heterocycles. The fourth-order valence-electron chi connectivity index (χ4n) is 3.74. The van der Waals surface area contributed by atoms with Gasteiger partial charge in [0, 0.05) is 11.1 Å². The molecule has 4 aromatic carbocycles. The molecular weight excluding hydrogens is 440 g/mol. The van der Waals surface area contributed by atoms with Gasteiger partial charge < -0.3 is 4.74 Å². The van der Waals surface area contributed by atoms with Crippen molar-refractivity contribution in [3.8, 4) is 5.75 Å². The van der Waals surface area contributed by atoms with Crippen LogP contribution in [0, 0.1) is 0 Å². The van der Waals surface area contributed by atoms with Gasteiger partial charge in [0.25, 0.3) is 0 Å². The standard InChI is InChI=1S/C25H24N2O5S/c1-2-3-14-32-20-13-10-18-15-24(22-7-5-4-6-21(22)23(18)16-20)25(28)17-8-11-19(12-9-17)27(26)33(29,30)31/h4-13,15-16H,2-3,14,26H2,1H3,(H,29,30,31). The summed E-state index contributed by atoms with van der Waals surface area (Å²) in [5, 5.41) is 3.66. The van der Waals surface area contributed by atoms with Crippen molar-refractivity contribution in [2.75, 3.05) is 11.0 Å². The van der Waals surface area contributed by atoms with Crippen molar-refractivity contribution in [1.82, 2.24) is 0 Å². The van der Waals surface area contributed by atoms with Gasteiger partial charge in [-0.2, -0.15) is 12.8 Å². The first-order chi connectivity index (χ1) is 15.8. The van der Waals surface area contributed by atoms with E-state index in [1.54, 1.807) is 0 Å². The Morgan fingerprint density at radius 2 is 1.67 bits per heavy atom. The van der Waals surface area contributed by atoms with Crippen molar-refractivity contribution in [3.05, 3.63) is 83.9 Å². The summed E-state index contributed by atoms with van der Waals surface area (Å²) in [5.74, 6) is 5.98. The number of anilines is 1. The summed E-state index contributed by atoms with van der Waals surface area (Å²) < 4.78 is 37.6. The Labute approximate surface area is 192 Å². The van der Waals surface area contributed by atoms with Gasteiger partial charge in [0.05, 0.1) is 12.3 Å². The van der Waals surface area contributed by atoms with Crippen LogP contribution in [0.2, 0.25) is 0 Å². The Bertz CT molecular complexity index is 1430. The number of ether oxygens (including phenoxy) is 1. The van der Waals surface area contributed by atoms with Gasteiger partial charge in [0.2, 0.25) is 0 Å². The van der Waals surface area contributed by atoms with Crippen LogP contribution in [0.3, 0.4) is 0 Å². The Morgan fingerprint density at radius 3 is 2.33 bits per heavy atom. The van der Waals surface area contributed by atoms with Gasteiger partial charge in [-0.3, -0.25) is 9.35 Å². The highest BCUT2D eigenvalue weighted by molar-refractivity contribution is 7.87. The molecule has 0 saturated heterocycles. The summed E-state index contributed by atoms with van der Waals surface area (Å²) >= 11 is 0. The predicted molar refractivity (Wildman–Crippen MR) is 130 cm³/mol. The SMILES string of the molecule is CCCCOc1ccc2cc(C(=O)c3ccc(N(N)S(=O)(=O)O)cc3)c3ccccc3c2c1. The maximum atomic E-state index is 13.4. The zero-order valence-corrected chi connectivity index (χ0v) is 18.9. The molecule has 4 rings (SSSR count). The molecule has 33 heavy (non-hydrogen) atoms. The van der Waals surface area contributed by atoms with Crippen LogP contribution in [0.15, 0.2) is 72.8 Å². The van der Waals surface area contributed by atoms with E-state index in [0.717, 1.165) is 40.1 Å². The van der Waals surface area contributed by atoms with Crippen molar-refractivity contribution in [1.29, 1.82) is 0 Å². The molecule has 0 aliphatic rings. The molecular formula is C25H24N2O5S. The molecule has 4 aromatic rings. The maximum absolute atomic E-state index is 13.4. The number of hydrogen-bond donors (Lipinski definition) is 2. The zero-order valence-electron chi connectivity index (χ0n) is 18.1. The third-order valence-corrected chi connectivity index (χ3v) is 6.18. The van der Waals surface area contributed by atoms with Crippen molar-refractivity contribution < 1.29 is 22.5 Å². The molecule has 3 N–H and O–H groups in total. The third-order valence-electron chi connectivity index (χ3n) is 5.48. The second-order valence-electron chi connectivity index (χ2n) is 7.70. The van der Waals surface area contributed by atoms with E-state index in [1.807, 2.05) is 48.5 Å². The van der Waals surface area contributed by atoms with Gasteiger partial charge >= 0.3 is 10.3 Å². The second kappa shape index (κ2) is 9.19. The van der Waals surface area contributed by atoms with Crippen LogP contribution in [0.5, 0.6) is 5.75 Å². The fraction of sp³-hybridized carbons (Fsp3) is 0.160. The van der Waals surface area contributed by atoms with Crippen LogP contribution in [0.4, 0.5) is 5.69 Å². The highest BCUT2D eigenvalue weighted by Crippen LogP contribution is 2.33. The Balaban J connectivity index is 1.75. The molecule has 0 spiro atoms. The second-order valence-corrected chi connectivity index (χ2v) is 8.99. The first kappa shape index (κ1) is 22.7. The molecule has 8 heteroatoms. The van der Waals surface area contributed by atoms with Crippen LogP contribution in [-0.4, -0.2) is 25.4 Å². The van der Waals surface area contributed by atoms with Crippen LogP contribution >= 0.6 is 0 Å². The highest BCUT2D eigenvalue weighted by Gasteiger charge is 2.18. The van der Waals surface area contributed by atoms with Gasteiger partial charge in [0.15, 0.2) is 5.78 Å². The van der Waals surface area contributed by atoms with E-state index in [2.05, 4.69) is 6.92 Å². The normalized spacial score (nSPS) is 11.6. The number of unbranched alkanes of at least 4 members (excludes halogenated alkanes) is 1. The molecule has 0 bridgehead atoms. The van der Waals surface area contributed by atoms with Gasteiger partial charge in [-0.25, -0.2) is 5.84 Å². The van der Waals surface area contributed by atoms with E-state index in [1.165, 1.54) is 24.3 Å². The summed E-state index contributed by atoms with van der Waals surface area (Å²) in [6.45, 7) is 2.77. The van der Waals surface area contributed by atoms with Gasteiger partial charge in [0.1, 0.15) is 5.75 Å². The minimum absolute atomic E-state index is 0.0352. The minimum atomic E-state index is -4.59. The average molecular weight is 465 g/mol. The molecule has 0 amide bonds. The van der Waals surface area contributed by atoms with Crippen molar-refractivity contribution >= 4 is 43.3 Å². The maximum Gasteiger partial charge on any atom is 0.373 e.